The summed E-state index contributed by atoms with van der Waals surface area (Å²) in [7, 11) is 0. The van der Waals surface area contributed by atoms with Crippen LogP contribution in [0.3, 0.4) is 0 Å². The van der Waals surface area contributed by atoms with Crippen LogP contribution in [-0.2, 0) is 9.53 Å². The molecular formula is C9H17NO2. The fraction of sp³-hybridized carbons (Fsp3) is 0.889. The minimum Gasteiger partial charge on any atom is -0.464 e. The van der Waals surface area contributed by atoms with E-state index in [-0.39, 0.29) is 5.97 Å². The highest BCUT2D eigenvalue weighted by atomic mass is 16.5. The number of rotatable bonds is 4. The van der Waals surface area contributed by atoms with Crippen LogP contribution in [0.25, 0.3) is 0 Å². The van der Waals surface area contributed by atoms with Crippen molar-refractivity contribution in [2.75, 3.05) is 26.2 Å². The standard InChI is InChI=1S/C9H17NO2/c1-2-9(11)12-8-7-10-5-3-4-6-10/h2-8H2,1H3. The molecule has 0 bridgehead atoms. The molecule has 0 amide bonds. The number of nitrogens with zero attached hydrogens (tertiary/aromatic N) is 1. The molecule has 0 aromatic heterocycles. The van der Waals surface area contributed by atoms with Crippen molar-refractivity contribution in [2.45, 2.75) is 26.2 Å². The molecule has 1 aliphatic heterocycles. The van der Waals surface area contributed by atoms with Gasteiger partial charge < -0.3 is 4.74 Å². The summed E-state index contributed by atoms with van der Waals surface area (Å²) in [5.41, 5.74) is 0. The molecule has 0 spiro atoms. The molecule has 1 heterocycles. The molecule has 0 N–H and O–H groups in total. The zero-order chi connectivity index (χ0) is 8.81. The minimum atomic E-state index is -0.0887. The maximum absolute atomic E-state index is 10.7. The summed E-state index contributed by atoms with van der Waals surface area (Å²) in [6.45, 7) is 5.63. The molecular weight excluding hydrogens is 154 g/mol. The van der Waals surface area contributed by atoms with E-state index in [2.05, 4.69) is 4.90 Å². The van der Waals surface area contributed by atoms with Crippen molar-refractivity contribution >= 4 is 5.97 Å². The molecule has 1 saturated heterocycles. The molecule has 70 valence electrons. The second-order valence-corrected chi connectivity index (χ2v) is 3.12. The van der Waals surface area contributed by atoms with Crippen molar-refractivity contribution in [3.8, 4) is 0 Å². The fourth-order valence-electron chi connectivity index (χ4n) is 1.40. The maximum atomic E-state index is 10.7. The average Bonchev–Trinajstić information content (AvgIpc) is 2.57. The Labute approximate surface area is 73.7 Å². The summed E-state index contributed by atoms with van der Waals surface area (Å²) in [6, 6.07) is 0. The maximum Gasteiger partial charge on any atom is 0.305 e. The third-order valence-corrected chi connectivity index (χ3v) is 2.16. The quantitative estimate of drug-likeness (QED) is 0.592. The van der Waals surface area contributed by atoms with Crippen LogP contribution in [0, 0.1) is 0 Å². The van der Waals surface area contributed by atoms with Crippen molar-refractivity contribution in [3.05, 3.63) is 0 Å². The Morgan fingerprint density at radius 2 is 2.08 bits per heavy atom. The van der Waals surface area contributed by atoms with Gasteiger partial charge >= 0.3 is 5.97 Å². The number of hydrogen-bond donors (Lipinski definition) is 0. The summed E-state index contributed by atoms with van der Waals surface area (Å²) >= 11 is 0. The number of carbonyl (C=O) groups is 1. The molecule has 0 saturated carbocycles. The van der Waals surface area contributed by atoms with Gasteiger partial charge in [0, 0.05) is 13.0 Å². The lowest BCUT2D eigenvalue weighted by Crippen LogP contribution is -2.24. The SMILES string of the molecule is CCC(=O)OCCN1CCCC1. The van der Waals surface area contributed by atoms with Crippen molar-refractivity contribution in [1.82, 2.24) is 4.90 Å². The van der Waals surface area contributed by atoms with Gasteiger partial charge in [0.05, 0.1) is 0 Å². The zero-order valence-corrected chi connectivity index (χ0v) is 7.71. The highest BCUT2D eigenvalue weighted by Gasteiger charge is 2.10. The summed E-state index contributed by atoms with van der Waals surface area (Å²) in [5.74, 6) is -0.0887. The molecule has 0 aliphatic carbocycles. The number of likely N-dealkylation sites (tertiary alicyclic amines) is 1. The van der Waals surface area contributed by atoms with Gasteiger partial charge in [-0.1, -0.05) is 6.92 Å². The fourth-order valence-corrected chi connectivity index (χ4v) is 1.40. The first kappa shape index (κ1) is 9.52. The molecule has 0 unspecified atom stereocenters. The minimum absolute atomic E-state index is 0.0887. The van der Waals surface area contributed by atoms with Gasteiger partial charge in [-0.3, -0.25) is 9.69 Å². The first-order chi connectivity index (χ1) is 5.83. The highest BCUT2D eigenvalue weighted by molar-refractivity contribution is 5.68. The van der Waals surface area contributed by atoms with Gasteiger partial charge in [-0.15, -0.1) is 0 Å². The van der Waals surface area contributed by atoms with Gasteiger partial charge in [0.25, 0.3) is 0 Å². The van der Waals surface area contributed by atoms with Crippen LogP contribution in [0.1, 0.15) is 26.2 Å². The van der Waals surface area contributed by atoms with E-state index in [1.54, 1.807) is 0 Å². The zero-order valence-electron chi connectivity index (χ0n) is 7.71. The number of carbonyl (C=O) groups excluding carboxylic acids is 1. The lowest BCUT2D eigenvalue weighted by atomic mass is 10.4. The van der Waals surface area contributed by atoms with Gasteiger partial charge in [0.1, 0.15) is 6.61 Å². The molecule has 0 atom stereocenters. The highest BCUT2D eigenvalue weighted by Crippen LogP contribution is 2.05. The largest absolute Gasteiger partial charge is 0.464 e. The van der Waals surface area contributed by atoms with E-state index in [0.29, 0.717) is 13.0 Å². The average molecular weight is 171 g/mol. The lowest BCUT2D eigenvalue weighted by Gasteiger charge is -2.13. The van der Waals surface area contributed by atoms with Crippen LogP contribution in [0.5, 0.6) is 0 Å². The second-order valence-electron chi connectivity index (χ2n) is 3.12. The van der Waals surface area contributed by atoms with Gasteiger partial charge in [-0.25, -0.2) is 0 Å². The third kappa shape index (κ3) is 3.22. The van der Waals surface area contributed by atoms with Crippen LogP contribution < -0.4 is 0 Å². The predicted molar refractivity (Wildman–Crippen MR) is 46.9 cm³/mol. The van der Waals surface area contributed by atoms with Gasteiger partial charge in [0.2, 0.25) is 0 Å². The molecule has 12 heavy (non-hydrogen) atoms. The molecule has 3 heteroatoms. The number of esters is 1. The Kier molecular flexibility index (Phi) is 4.08. The Balaban J connectivity index is 1.97. The summed E-state index contributed by atoms with van der Waals surface area (Å²) in [6.07, 6.45) is 3.07. The van der Waals surface area contributed by atoms with E-state index in [1.165, 1.54) is 25.9 Å². The molecule has 0 radical (unpaired) electrons. The summed E-state index contributed by atoms with van der Waals surface area (Å²) in [5, 5.41) is 0. The molecule has 1 fully saturated rings. The number of hydrogen-bond acceptors (Lipinski definition) is 3. The van der Waals surface area contributed by atoms with Crippen molar-refractivity contribution < 1.29 is 9.53 Å². The molecule has 0 aromatic carbocycles. The van der Waals surface area contributed by atoms with Gasteiger partial charge in [-0.05, 0) is 25.9 Å². The summed E-state index contributed by atoms with van der Waals surface area (Å²) in [4.78, 5) is 13.1. The predicted octanol–water partition coefficient (Wildman–Crippen LogP) is 1.04. The molecule has 1 rings (SSSR count). The van der Waals surface area contributed by atoms with Crippen molar-refractivity contribution in [1.29, 1.82) is 0 Å². The van der Waals surface area contributed by atoms with Crippen LogP contribution in [-0.4, -0.2) is 37.1 Å². The Bertz CT molecular complexity index is 141. The second kappa shape index (κ2) is 5.14. The van der Waals surface area contributed by atoms with E-state index >= 15 is 0 Å². The van der Waals surface area contributed by atoms with E-state index in [9.17, 15) is 4.79 Å². The Morgan fingerprint density at radius 1 is 1.42 bits per heavy atom. The van der Waals surface area contributed by atoms with Crippen LogP contribution in [0.4, 0.5) is 0 Å². The molecule has 3 nitrogen and oxygen atoms in total. The smallest absolute Gasteiger partial charge is 0.305 e. The summed E-state index contributed by atoms with van der Waals surface area (Å²) < 4.78 is 4.97. The first-order valence-electron chi connectivity index (χ1n) is 4.71. The van der Waals surface area contributed by atoms with Crippen LogP contribution in [0.2, 0.25) is 0 Å². The molecule has 0 aromatic rings. The van der Waals surface area contributed by atoms with Crippen molar-refractivity contribution in [3.63, 3.8) is 0 Å². The van der Waals surface area contributed by atoms with E-state index in [1.807, 2.05) is 6.92 Å². The van der Waals surface area contributed by atoms with Crippen LogP contribution in [0.15, 0.2) is 0 Å². The van der Waals surface area contributed by atoms with Gasteiger partial charge in [0.15, 0.2) is 0 Å². The van der Waals surface area contributed by atoms with Gasteiger partial charge in [-0.2, -0.15) is 0 Å². The number of ether oxygens (including phenoxy) is 1. The molecule has 1 aliphatic rings. The topological polar surface area (TPSA) is 29.5 Å². The Hall–Kier alpha value is -0.570. The van der Waals surface area contributed by atoms with Crippen molar-refractivity contribution in [2.24, 2.45) is 0 Å². The van der Waals surface area contributed by atoms with Crippen LogP contribution >= 0.6 is 0 Å². The normalized spacial score (nSPS) is 18.1. The third-order valence-electron chi connectivity index (χ3n) is 2.16. The lowest BCUT2D eigenvalue weighted by molar-refractivity contribution is -0.143. The van der Waals surface area contributed by atoms with E-state index < -0.39 is 0 Å². The Morgan fingerprint density at radius 3 is 2.67 bits per heavy atom. The van der Waals surface area contributed by atoms with E-state index in [4.69, 9.17) is 4.74 Å². The first-order valence-corrected chi connectivity index (χ1v) is 4.71. The van der Waals surface area contributed by atoms with E-state index in [0.717, 1.165) is 6.54 Å². The monoisotopic (exact) mass is 171 g/mol.